The second-order valence-electron chi connectivity index (χ2n) is 5.79. The normalized spacial score (nSPS) is 16.6. The van der Waals surface area contributed by atoms with E-state index >= 15 is 0 Å². The first-order chi connectivity index (χ1) is 12.9. The molecule has 1 fully saturated rings. The van der Waals surface area contributed by atoms with Gasteiger partial charge in [0.2, 0.25) is 5.91 Å². The smallest absolute Gasteiger partial charge is 0.329 e. The molecule has 27 heavy (non-hydrogen) atoms. The van der Waals surface area contributed by atoms with Crippen LogP contribution in [0.4, 0.5) is 23.7 Å². The van der Waals surface area contributed by atoms with E-state index in [1.165, 1.54) is 6.26 Å². The van der Waals surface area contributed by atoms with Crippen LogP contribution in [0.25, 0.3) is 0 Å². The number of benzene rings is 1. The predicted molar refractivity (Wildman–Crippen MR) is 85.9 cm³/mol. The summed E-state index contributed by atoms with van der Waals surface area (Å²) in [7, 11) is 0. The van der Waals surface area contributed by atoms with Gasteiger partial charge in [0, 0.05) is 18.6 Å². The fraction of sp³-hybridized carbons (Fsp3) is 0.235. The number of hydrogen-bond donors (Lipinski definition) is 2. The third-order valence-corrected chi connectivity index (χ3v) is 3.95. The average molecular weight is 381 g/mol. The molecule has 4 amide bonds. The minimum atomic E-state index is -1.70. The topological polar surface area (TPSA) is 91.7 Å². The molecule has 1 aromatic carbocycles. The van der Waals surface area contributed by atoms with Gasteiger partial charge in [-0.3, -0.25) is 9.59 Å². The van der Waals surface area contributed by atoms with Crippen molar-refractivity contribution in [2.75, 3.05) is 4.90 Å². The van der Waals surface area contributed by atoms with Gasteiger partial charge in [-0.2, -0.15) is 0 Å². The number of carbonyl (C=O) groups excluding carboxylic acids is 3. The Bertz CT molecular complexity index is 863. The first kappa shape index (κ1) is 18.5. The molecular weight excluding hydrogens is 367 g/mol. The van der Waals surface area contributed by atoms with Crippen LogP contribution < -0.4 is 15.5 Å². The Kier molecular flexibility index (Phi) is 5.15. The van der Waals surface area contributed by atoms with Gasteiger partial charge >= 0.3 is 6.03 Å². The third kappa shape index (κ3) is 3.94. The summed E-state index contributed by atoms with van der Waals surface area (Å²) in [6.07, 6.45) is 1.37. The minimum Gasteiger partial charge on any atom is -0.467 e. The summed E-state index contributed by atoms with van der Waals surface area (Å²) in [5.41, 5.74) is -0.432. The molecular formula is C17H14F3N3O4. The summed E-state index contributed by atoms with van der Waals surface area (Å²) in [4.78, 5) is 36.7. The summed E-state index contributed by atoms with van der Waals surface area (Å²) in [6.45, 7) is 0.178. The van der Waals surface area contributed by atoms with Gasteiger partial charge in [0.15, 0.2) is 17.5 Å². The zero-order chi connectivity index (χ0) is 19.6. The van der Waals surface area contributed by atoms with Crippen LogP contribution in [0.2, 0.25) is 0 Å². The van der Waals surface area contributed by atoms with Gasteiger partial charge in [-0.05, 0) is 18.6 Å². The van der Waals surface area contributed by atoms with Crippen molar-refractivity contribution in [3.8, 4) is 0 Å². The predicted octanol–water partition coefficient (Wildman–Crippen LogP) is 2.22. The van der Waals surface area contributed by atoms with Gasteiger partial charge in [-0.1, -0.05) is 0 Å². The number of urea groups is 1. The number of hydrogen-bond acceptors (Lipinski definition) is 4. The van der Waals surface area contributed by atoms with Crippen LogP contribution >= 0.6 is 0 Å². The van der Waals surface area contributed by atoms with Crippen LogP contribution in [0.15, 0.2) is 34.9 Å². The number of nitrogens with one attached hydrogen (secondary N) is 2. The molecule has 142 valence electrons. The molecule has 3 rings (SSSR count). The summed E-state index contributed by atoms with van der Waals surface area (Å²) < 4.78 is 44.8. The number of imide groups is 1. The highest BCUT2D eigenvalue weighted by molar-refractivity contribution is 6.21. The standard InChI is InChI=1S/C17H14F3N3O4/c18-11-6-9(7-12(19)15(11)20)23-16(25)13(22-17(23)26)3-4-14(24)21-8-10-2-1-5-27-10/h1-2,5-7,13H,3-4,8H2,(H,21,24)(H,22,26)/t13-/m0/s1. The van der Waals surface area contributed by atoms with E-state index in [0.29, 0.717) is 22.8 Å². The number of furan rings is 1. The highest BCUT2D eigenvalue weighted by Gasteiger charge is 2.39. The Morgan fingerprint density at radius 1 is 1.22 bits per heavy atom. The van der Waals surface area contributed by atoms with Crippen molar-refractivity contribution in [1.82, 2.24) is 10.6 Å². The van der Waals surface area contributed by atoms with Gasteiger partial charge in [0.25, 0.3) is 5.91 Å². The molecule has 0 aliphatic carbocycles. The first-order valence-electron chi connectivity index (χ1n) is 7.95. The van der Waals surface area contributed by atoms with E-state index in [2.05, 4.69) is 10.6 Å². The molecule has 2 N–H and O–H groups in total. The number of nitrogens with zero attached hydrogens (tertiary/aromatic N) is 1. The molecule has 1 saturated heterocycles. The van der Waals surface area contributed by atoms with E-state index in [0.717, 1.165) is 0 Å². The molecule has 10 heteroatoms. The highest BCUT2D eigenvalue weighted by atomic mass is 19.2. The van der Waals surface area contributed by atoms with Crippen LogP contribution in [0.1, 0.15) is 18.6 Å². The van der Waals surface area contributed by atoms with Crippen molar-refractivity contribution in [1.29, 1.82) is 0 Å². The molecule has 1 atom stereocenters. The quantitative estimate of drug-likeness (QED) is 0.593. The molecule has 1 aliphatic heterocycles. The Morgan fingerprint density at radius 2 is 1.93 bits per heavy atom. The summed E-state index contributed by atoms with van der Waals surface area (Å²) in [6, 6.07) is 2.50. The molecule has 0 saturated carbocycles. The van der Waals surface area contributed by atoms with Crippen molar-refractivity contribution < 1.29 is 32.0 Å². The average Bonchev–Trinajstić information content (AvgIpc) is 3.23. The molecule has 0 spiro atoms. The van der Waals surface area contributed by atoms with E-state index in [1.807, 2.05) is 0 Å². The third-order valence-electron chi connectivity index (χ3n) is 3.95. The van der Waals surface area contributed by atoms with Gasteiger partial charge in [-0.25, -0.2) is 22.9 Å². The first-order valence-corrected chi connectivity index (χ1v) is 7.95. The van der Waals surface area contributed by atoms with Crippen molar-refractivity contribution in [2.24, 2.45) is 0 Å². The highest BCUT2D eigenvalue weighted by Crippen LogP contribution is 2.25. The molecule has 0 bridgehead atoms. The maximum atomic E-state index is 13.4. The fourth-order valence-corrected chi connectivity index (χ4v) is 2.61. The Balaban J connectivity index is 1.60. The number of carbonyl (C=O) groups is 3. The monoisotopic (exact) mass is 381 g/mol. The van der Waals surface area contributed by atoms with Crippen molar-refractivity contribution in [3.63, 3.8) is 0 Å². The lowest BCUT2D eigenvalue weighted by atomic mass is 10.1. The van der Waals surface area contributed by atoms with E-state index in [1.54, 1.807) is 12.1 Å². The summed E-state index contributed by atoms with van der Waals surface area (Å²) in [5, 5.41) is 4.92. The second kappa shape index (κ2) is 7.52. The minimum absolute atomic E-state index is 0.0166. The van der Waals surface area contributed by atoms with E-state index in [9.17, 15) is 27.6 Å². The van der Waals surface area contributed by atoms with E-state index < -0.39 is 41.1 Å². The zero-order valence-corrected chi connectivity index (χ0v) is 13.8. The van der Waals surface area contributed by atoms with Gasteiger partial charge < -0.3 is 15.1 Å². The molecule has 0 unspecified atom stereocenters. The second-order valence-corrected chi connectivity index (χ2v) is 5.79. The largest absolute Gasteiger partial charge is 0.467 e. The Labute approximate surface area is 151 Å². The van der Waals surface area contributed by atoms with Crippen molar-refractivity contribution in [3.05, 3.63) is 53.7 Å². The van der Waals surface area contributed by atoms with Gasteiger partial charge in [-0.15, -0.1) is 0 Å². The molecule has 2 aromatic rings. The molecule has 7 nitrogen and oxygen atoms in total. The lowest BCUT2D eigenvalue weighted by Crippen LogP contribution is -2.32. The van der Waals surface area contributed by atoms with E-state index in [-0.39, 0.29) is 25.3 Å². The Morgan fingerprint density at radius 3 is 2.56 bits per heavy atom. The maximum Gasteiger partial charge on any atom is 0.329 e. The van der Waals surface area contributed by atoms with Crippen LogP contribution in [0.3, 0.4) is 0 Å². The SMILES string of the molecule is O=C(CC[C@@H]1NC(=O)N(c2cc(F)c(F)c(F)c2)C1=O)NCc1ccco1. The zero-order valence-electron chi connectivity index (χ0n) is 13.8. The van der Waals surface area contributed by atoms with Crippen LogP contribution in [-0.4, -0.2) is 23.9 Å². The van der Waals surface area contributed by atoms with Crippen LogP contribution in [-0.2, 0) is 16.1 Å². The molecule has 0 radical (unpaired) electrons. The van der Waals surface area contributed by atoms with Crippen molar-refractivity contribution in [2.45, 2.75) is 25.4 Å². The number of anilines is 1. The Hall–Kier alpha value is -3.30. The van der Waals surface area contributed by atoms with Gasteiger partial charge in [0.05, 0.1) is 18.5 Å². The van der Waals surface area contributed by atoms with Crippen molar-refractivity contribution >= 4 is 23.5 Å². The van der Waals surface area contributed by atoms with Gasteiger partial charge in [0.1, 0.15) is 11.8 Å². The number of rotatable bonds is 6. The molecule has 2 heterocycles. The summed E-state index contributed by atoms with van der Waals surface area (Å²) >= 11 is 0. The lowest BCUT2D eigenvalue weighted by molar-refractivity contribution is -0.122. The summed E-state index contributed by atoms with van der Waals surface area (Å²) in [5.74, 6) is -5.34. The van der Waals surface area contributed by atoms with Crippen LogP contribution in [0, 0.1) is 17.5 Å². The lowest BCUT2D eigenvalue weighted by Gasteiger charge is -2.13. The molecule has 1 aromatic heterocycles. The maximum absolute atomic E-state index is 13.4. The number of halogens is 3. The fourth-order valence-electron chi connectivity index (χ4n) is 2.61. The van der Waals surface area contributed by atoms with E-state index in [4.69, 9.17) is 4.42 Å². The number of amides is 4. The molecule has 1 aliphatic rings. The van der Waals surface area contributed by atoms with Crippen LogP contribution in [0.5, 0.6) is 0 Å².